The second-order valence-corrected chi connectivity index (χ2v) is 4.52. The van der Waals surface area contributed by atoms with Gasteiger partial charge in [-0.15, -0.1) is 0 Å². The van der Waals surface area contributed by atoms with E-state index in [2.05, 4.69) is 4.98 Å². The molecule has 0 bridgehead atoms. The number of rotatable bonds is 3. The SMILES string of the molecule is Cc1cccnc1CC(O)C1CCCOC1. The predicted molar refractivity (Wildman–Crippen MR) is 62.2 cm³/mol. The van der Waals surface area contributed by atoms with Crippen LogP contribution in [0, 0.1) is 12.8 Å². The number of hydrogen-bond acceptors (Lipinski definition) is 3. The molecule has 1 aliphatic rings. The molecule has 1 saturated heterocycles. The van der Waals surface area contributed by atoms with Gasteiger partial charge in [-0.05, 0) is 31.4 Å². The van der Waals surface area contributed by atoms with Gasteiger partial charge in [0.25, 0.3) is 0 Å². The summed E-state index contributed by atoms with van der Waals surface area (Å²) in [4.78, 5) is 4.31. The molecule has 16 heavy (non-hydrogen) atoms. The van der Waals surface area contributed by atoms with Crippen LogP contribution >= 0.6 is 0 Å². The molecule has 2 atom stereocenters. The molecule has 1 aromatic heterocycles. The van der Waals surface area contributed by atoms with Crippen LogP contribution in [-0.4, -0.2) is 29.4 Å². The normalized spacial score (nSPS) is 23.0. The molecule has 1 fully saturated rings. The topological polar surface area (TPSA) is 42.4 Å². The number of nitrogens with zero attached hydrogens (tertiary/aromatic N) is 1. The van der Waals surface area contributed by atoms with Crippen molar-refractivity contribution in [3.63, 3.8) is 0 Å². The average molecular weight is 221 g/mol. The number of aryl methyl sites for hydroxylation is 1. The van der Waals surface area contributed by atoms with Gasteiger partial charge in [-0.25, -0.2) is 0 Å². The maximum Gasteiger partial charge on any atom is 0.0645 e. The van der Waals surface area contributed by atoms with E-state index in [0.717, 1.165) is 30.7 Å². The summed E-state index contributed by atoms with van der Waals surface area (Å²) < 4.78 is 5.39. The Balaban J connectivity index is 1.96. The molecule has 0 aromatic carbocycles. The van der Waals surface area contributed by atoms with E-state index in [1.807, 2.05) is 19.1 Å². The van der Waals surface area contributed by atoms with Crippen molar-refractivity contribution in [2.75, 3.05) is 13.2 Å². The van der Waals surface area contributed by atoms with E-state index in [0.29, 0.717) is 13.0 Å². The van der Waals surface area contributed by atoms with Crippen molar-refractivity contribution in [3.8, 4) is 0 Å². The number of aliphatic hydroxyl groups excluding tert-OH is 1. The third-order valence-electron chi connectivity index (χ3n) is 3.26. The first-order valence-electron chi connectivity index (χ1n) is 5.93. The molecule has 0 radical (unpaired) electrons. The lowest BCUT2D eigenvalue weighted by atomic mass is 9.92. The molecule has 2 heterocycles. The lowest BCUT2D eigenvalue weighted by Crippen LogP contribution is -2.31. The van der Waals surface area contributed by atoms with Gasteiger partial charge in [-0.3, -0.25) is 4.98 Å². The fraction of sp³-hybridized carbons (Fsp3) is 0.615. The number of aliphatic hydroxyl groups is 1. The summed E-state index contributed by atoms with van der Waals surface area (Å²) in [6.07, 6.45) is 4.22. The first-order valence-corrected chi connectivity index (χ1v) is 5.93. The molecule has 1 aliphatic heterocycles. The first kappa shape index (κ1) is 11.6. The highest BCUT2D eigenvalue weighted by Gasteiger charge is 2.23. The zero-order valence-corrected chi connectivity index (χ0v) is 9.72. The number of pyridine rings is 1. The maximum atomic E-state index is 10.1. The van der Waals surface area contributed by atoms with Crippen LogP contribution in [0.15, 0.2) is 18.3 Å². The minimum atomic E-state index is -0.325. The summed E-state index contributed by atoms with van der Waals surface area (Å²) in [5.41, 5.74) is 2.15. The van der Waals surface area contributed by atoms with Gasteiger partial charge in [0.15, 0.2) is 0 Å². The fourth-order valence-electron chi connectivity index (χ4n) is 2.17. The molecular formula is C13H19NO2. The third kappa shape index (κ3) is 2.80. The van der Waals surface area contributed by atoms with Crippen LogP contribution in [0.1, 0.15) is 24.1 Å². The monoisotopic (exact) mass is 221 g/mol. The summed E-state index contributed by atoms with van der Waals surface area (Å²) in [7, 11) is 0. The van der Waals surface area contributed by atoms with Crippen LogP contribution in [0.4, 0.5) is 0 Å². The van der Waals surface area contributed by atoms with Gasteiger partial charge in [0.05, 0.1) is 12.7 Å². The van der Waals surface area contributed by atoms with E-state index >= 15 is 0 Å². The molecule has 2 rings (SSSR count). The molecule has 88 valence electrons. The van der Waals surface area contributed by atoms with Gasteiger partial charge >= 0.3 is 0 Å². The summed E-state index contributed by atoms with van der Waals surface area (Å²) >= 11 is 0. The molecule has 1 aromatic rings. The van der Waals surface area contributed by atoms with Gasteiger partial charge in [0, 0.05) is 30.8 Å². The molecule has 1 N–H and O–H groups in total. The lowest BCUT2D eigenvalue weighted by molar-refractivity contribution is -0.00883. The van der Waals surface area contributed by atoms with E-state index in [1.165, 1.54) is 0 Å². The van der Waals surface area contributed by atoms with E-state index in [9.17, 15) is 5.11 Å². The van der Waals surface area contributed by atoms with Crippen molar-refractivity contribution in [1.29, 1.82) is 0 Å². The van der Waals surface area contributed by atoms with Gasteiger partial charge in [-0.1, -0.05) is 6.07 Å². The summed E-state index contributed by atoms with van der Waals surface area (Å²) in [6, 6.07) is 3.96. The zero-order valence-electron chi connectivity index (χ0n) is 9.72. The second-order valence-electron chi connectivity index (χ2n) is 4.52. The van der Waals surface area contributed by atoms with Crippen molar-refractivity contribution < 1.29 is 9.84 Å². The second kappa shape index (κ2) is 5.41. The van der Waals surface area contributed by atoms with Crippen LogP contribution in [0.5, 0.6) is 0 Å². The van der Waals surface area contributed by atoms with Crippen LogP contribution in [0.25, 0.3) is 0 Å². The molecule has 3 heteroatoms. The predicted octanol–water partition coefficient (Wildman–Crippen LogP) is 1.72. The average Bonchev–Trinajstić information content (AvgIpc) is 2.33. The smallest absolute Gasteiger partial charge is 0.0645 e. The highest BCUT2D eigenvalue weighted by Crippen LogP contribution is 2.20. The van der Waals surface area contributed by atoms with Gasteiger partial charge < -0.3 is 9.84 Å². The third-order valence-corrected chi connectivity index (χ3v) is 3.26. The first-order chi connectivity index (χ1) is 7.77. The number of ether oxygens (including phenoxy) is 1. The van der Waals surface area contributed by atoms with E-state index in [4.69, 9.17) is 4.74 Å². The van der Waals surface area contributed by atoms with Crippen molar-refractivity contribution in [2.45, 2.75) is 32.3 Å². The quantitative estimate of drug-likeness (QED) is 0.845. The molecule has 0 saturated carbocycles. The fourth-order valence-corrected chi connectivity index (χ4v) is 2.17. The van der Waals surface area contributed by atoms with E-state index in [1.54, 1.807) is 6.20 Å². The largest absolute Gasteiger partial charge is 0.392 e. The summed E-state index contributed by atoms with van der Waals surface area (Å²) in [6.45, 7) is 3.56. The van der Waals surface area contributed by atoms with Crippen molar-refractivity contribution in [3.05, 3.63) is 29.6 Å². The number of hydrogen-bond donors (Lipinski definition) is 1. The summed E-state index contributed by atoms with van der Waals surface area (Å²) in [5, 5.41) is 10.1. The Bertz CT molecular complexity index is 334. The standard InChI is InChI=1S/C13H19NO2/c1-10-4-2-6-14-12(10)8-13(15)11-5-3-7-16-9-11/h2,4,6,11,13,15H,3,5,7-9H2,1H3. The zero-order chi connectivity index (χ0) is 11.4. The lowest BCUT2D eigenvalue weighted by Gasteiger charge is -2.26. The Morgan fingerprint density at radius 3 is 3.19 bits per heavy atom. The van der Waals surface area contributed by atoms with Crippen molar-refractivity contribution in [1.82, 2.24) is 4.98 Å². The van der Waals surface area contributed by atoms with Crippen LogP contribution in [0.3, 0.4) is 0 Å². The Morgan fingerprint density at radius 1 is 1.62 bits per heavy atom. The molecule has 0 spiro atoms. The highest BCUT2D eigenvalue weighted by molar-refractivity contribution is 5.18. The molecular weight excluding hydrogens is 202 g/mol. The highest BCUT2D eigenvalue weighted by atomic mass is 16.5. The van der Waals surface area contributed by atoms with Crippen molar-refractivity contribution >= 4 is 0 Å². The Kier molecular flexibility index (Phi) is 3.91. The van der Waals surface area contributed by atoms with Crippen LogP contribution in [0.2, 0.25) is 0 Å². The van der Waals surface area contributed by atoms with Crippen molar-refractivity contribution in [2.24, 2.45) is 5.92 Å². The van der Waals surface area contributed by atoms with E-state index in [-0.39, 0.29) is 12.0 Å². The van der Waals surface area contributed by atoms with Gasteiger partial charge in [-0.2, -0.15) is 0 Å². The van der Waals surface area contributed by atoms with Gasteiger partial charge in [0.1, 0.15) is 0 Å². The minimum Gasteiger partial charge on any atom is -0.392 e. The number of aromatic nitrogens is 1. The minimum absolute atomic E-state index is 0.273. The molecule has 2 unspecified atom stereocenters. The molecule has 0 aliphatic carbocycles. The molecule has 3 nitrogen and oxygen atoms in total. The Hall–Kier alpha value is -0.930. The van der Waals surface area contributed by atoms with Crippen LogP contribution in [-0.2, 0) is 11.2 Å². The maximum absolute atomic E-state index is 10.1. The Labute approximate surface area is 96.5 Å². The summed E-state index contributed by atoms with van der Waals surface area (Å²) in [5.74, 6) is 0.273. The van der Waals surface area contributed by atoms with Crippen LogP contribution < -0.4 is 0 Å². The Morgan fingerprint density at radius 2 is 2.50 bits per heavy atom. The molecule has 0 amide bonds. The van der Waals surface area contributed by atoms with Gasteiger partial charge in [0.2, 0.25) is 0 Å². The van der Waals surface area contributed by atoms with E-state index < -0.39 is 0 Å².